The third-order valence-electron chi connectivity index (χ3n) is 6.96. The molecule has 2 fully saturated rings. The third-order valence-corrected chi connectivity index (χ3v) is 6.96. The molecule has 5 rings (SSSR count). The number of H-pyrrole nitrogens is 1. The van der Waals surface area contributed by atoms with Crippen LogP contribution in [0.3, 0.4) is 0 Å². The number of nitrogens with zero attached hydrogens (tertiary/aromatic N) is 5. The van der Waals surface area contributed by atoms with Crippen molar-refractivity contribution >= 4 is 22.8 Å². The minimum atomic E-state index is 0.692. The summed E-state index contributed by atoms with van der Waals surface area (Å²) in [6.07, 6.45) is 7.15. The number of aromatic nitrogens is 2. The van der Waals surface area contributed by atoms with E-state index in [0.29, 0.717) is 12.1 Å². The molecule has 37 heavy (non-hydrogen) atoms. The Labute approximate surface area is 217 Å². The topological polar surface area (TPSA) is 116 Å². The number of rotatable bonds is 8. The van der Waals surface area contributed by atoms with E-state index < -0.39 is 0 Å². The molecule has 0 atom stereocenters. The Morgan fingerprint density at radius 3 is 2.59 bits per heavy atom. The molecule has 3 aromatic rings. The van der Waals surface area contributed by atoms with Crippen molar-refractivity contribution in [3.8, 4) is 17.2 Å². The lowest BCUT2D eigenvalue weighted by atomic mass is 9.98. The second kappa shape index (κ2) is 12.1. The third kappa shape index (κ3) is 6.06. The average Bonchev–Trinajstić information content (AvgIpc) is 3.38. The number of pyridine rings is 1. The molecule has 2 saturated heterocycles. The first-order valence-corrected chi connectivity index (χ1v) is 12.8. The number of hydrogen-bond acceptors (Lipinski definition) is 8. The second-order valence-corrected chi connectivity index (χ2v) is 9.31. The number of nitriles is 1. The predicted octanol–water partition coefficient (Wildman–Crippen LogP) is 2.64. The summed E-state index contributed by atoms with van der Waals surface area (Å²) in [5.41, 5.74) is 12.2. The van der Waals surface area contributed by atoms with Crippen molar-refractivity contribution in [1.29, 1.82) is 5.26 Å². The Kier molecular flexibility index (Phi) is 8.23. The molecule has 0 unspecified atom stereocenters. The Balaban J connectivity index is 1.34. The van der Waals surface area contributed by atoms with Gasteiger partial charge in [0, 0.05) is 86.2 Å². The number of nitrogens with one attached hydrogen (secondary N) is 1. The van der Waals surface area contributed by atoms with E-state index in [9.17, 15) is 5.26 Å². The maximum Gasteiger partial charge on any atom is 0.137 e. The number of morpholine rings is 2. The Morgan fingerprint density at radius 2 is 1.86 bits per heavy atom. The second-order valence-electron chi connectivity index (χ2n) is 9.31. The number of allylic oxidation sites excluding steroid dienone is 1. The highest BCUT2D eigenvalue weighted by Gasteiger charge is 2.15. The Morgan fingerprint density at radius 1 is 1.11 bits per heavy atom. The van der Waals surface area contributed by atoms with Gasteiger partial charge in [-0.15, -0.1) is 0 Å². The summed E-state index contributed by atoms with van der Waals surface area (Å²) in [4.78, 5) is 17.2. The van der Waals surface area contributed by atoms with Gasteiger partial charge in [-0.2, -0.15) is 5.26 Å². The van der Waals surface area contributed by atoms with E-state index in [-0.39, 0.29) is 0 Å². The molecule has 2 aliphatic rings. The van der Waals surface area contributed by atoms with Crippen LogP contribution in [0.5, 0.6) is 0 Å². The van der Waals surface area contributed by atoms with Crippen LogP contribution in [0.1, 0.15) is 16.7 Å². The van der Waals surface area contributed by atoms with Gasteiger partial charge in [0.05, 0.1) is 44.6 Å². The van der Waals surface area contributed by atoms with E-state index in [1.165, 1.54) is 0 Å². The van der Waals surface area contributed by atoms with Crippen LogP contribution in [-0.2, 0) is 16.0 Å². The van der Waals surface area contributed by atoms with Crippen LogP contribution in [0.4, 0.5) is 0 Å². The van der Waals surface area contributed by atoms with E-state index >= 15 is 0 Å². The van der Waals surface area contributed by atoms with E-state index in [2.05, 4.69) is 49.0 Å². The number of ether oxygens (including phenoxy) is 2. The summed E-state index contributed by atoms with van der Waals surface area (Å²) >= 11 is 0. The van der Waals surface area contributed by atoms with Gasteiger partial charge in [-0.25, -0.2) is 4.98 Å². The Bertz CT molecular complexity index is 1310. The van der Waals surface area contributed by atoms with Crippen LogP contribution in [0, 0.1) is 11.3 Å². The molecular weight excluding hydrogens is 466 g/mol. The Hall–Kier alpha value is -3.55. The van der Waals surface area contributed by atoms with E-state index in [1.807, 2.05) is 18.5 Å². The first kappa shape index (κ1) is 25.1. The fourth-order valence-corrected chi connectivity index (χ4v) is 4.79. The van der Waals surface area contributed by atoms with Gasteiger partial charge >= 0.3 is 0 Å². The van der Waals surface area contributed by atoms with E-state index in [1.54, 1.807) is 12.4 Å². The highest BCUT2D eigenvalue weighted by atomic mass is 16.5. The van der Waals surface area contributed by atoms with Crippen molar-refractivity contribution in [2.75, 3.05) is 65.7 Å². The molecule has 1 aromatic carbocycles. The molecule has 0 spiro atoms. The largest absolute Gasteiger partial charge is 0.404 e. The van der Waals surface area contributed by atoms with Gasteiger partial charge in [0.1, 0.15) is 5.65 Å². The molecule has 192 valence electrons. The first-order chi connectivity index (χ1) is 18.2. The molecule has 2 aromatic heterocycles. The van der Waals surface area contributed by atoms with Crippen LogP contribution in [0.25, 0.3) is 27.7 Å². The molecule has 9 heteroatoms. The maximum atomic E-state index is 9.86. The highest BCUT2D eigenvalue weighted by molar-refractivity contribution is 6.10. The SMILES string of the molecule is N#Cc1cc(-c2c[nH]c3ncc(/C(C=NCCN4CCOCC4)=C/N)cc23)ccc1CN1CCOCC1. The average molecular weight is 500 g/mol. The number of nitrogens with two attached hydrogens (primary N) is 1. The molecule has 4 heterocycles. The summed E-state index contributed by atoms with van der Waals surface area (Å²) in [5.74, 6) is 0. The number of benzene rings is 1. The zero-order chi connectivity index (χ0) is 25.5. The summed E-state index contributed by atoms with van der Waals surface area (Å²) in [6, 6.07) is 10.6. The van der Waals surface area contributed by atoms with Crippen LogP contribution in [0.15, 0.2) is 47.9 Å². The van der Waals surface area contributed by atoms with E-state index in [4.69, 9.17) is 15.2 Å². The molecule has 3 N–H and O–H groups in total. The first-order valence-electron chi connectivity index (χ1n) is 12.8. The minimum absolute atomic E-state index is 0.692. The number of aliphatic imine (C=N–C) groups is 1. The van der Waals surface area contributed by atoms with Gasteiger partial charge in [0.15, 0.2) is 0 Å². The normalized spacial score (nSPS) is 18.0. The minimum Gasteiger partial charge on any atom is -0.404 e. The molecule has 2 aliphatic heterocycles. The molecule has 9 nitrogen and oxygen atoms in total. The zero-order valence-electron chi connectivity index (χ0n) is 21.0. The van der Waals surface area contributed by atoms with Crippen molar-refractivity contribution in [2.45, 2.75) is 6.54 Å². The maximum absolute atomic E-state index is 9.86. The molecular formula is C28H33N7O2. The molecule has 0 amide bonds. The van der Waals surface area contributed by atoms with Gasteiger partial charge in [0.2, 0.25) is 0 Å². The van der Waals surface area contributed by atoms with Gasteiger partial charge in [-0.3, -0.25) is 14.8 Å². The molecule has 0 bridgehead atoms. The van der Waals surface area contributed by atoms with Crippen molar-refractivity contribution in [3.63, 3.8) is 0 Å². The predicted molar refractivity (Wildman–Crippen MR) is 145 cm³/mol. The summed E-state index contributed by atoms with van der Waals surface area (Å²) in [7, 11) is 0. The van der Waals surface area contributed by atoms with Gasteiger partial charge < -0.3 is 20.2 Å². The van der Waals surface area contributed by atoms with Crippen LogP contribution < -0.4 is 5.73 Å². The smallest absolute Gasteiger partial charge is 0.137 e. The number of hydrogen-bond donors (Lipinski definition) is 2. The monoisotopic (exact) mass is 499 g/mol. The van der Waals surface area contributed by atoms with Gasteiger partial charge in [-0.05, 0) is 23.3 Å². The zero-order valence-corrected chi connectivity index (χ0v) is 21.0. The fourth-order valence-electron chi connectivity index (χ4n) is 4.79. The molecule has 0 radical (unpaired) electrons. The molecule has 0 saturated carbocycles. The van der Waals surface area contributed by atoms with Crippen LogP contribution in [-0.4, -0.2) is 91.7 Å². The van der Waals surface area contributed by atoms with Crippen LogP contribution in [0.2, 0.25) is 0 Å². The van der Waals surface area contributed by atoms with Gasteiger partial charge in [-0.1, -0.05) is 12.1 Å². The lowest BCUT2D eigenvalue weighted by Gasteiger charge is -2.27. The van der Waals surface area contributed by atoms with Crippen molar-refractivity contribution < 1.29 is 9.47 Å². The number of fused-ring (bicyclic) bond motifs is 1. The summed E-state index contributed by atoms with van der Waals surface area (Å²) < 4.78 is 10.8. The quantitative estimate of drug-likeness (QED) is 0.458. The molecule has 0 aliphatic carbocycles. The highest BCUT2D eigenvalue weighted by Crippen LogP contribution is 2.31. The number of aromatic amines is 1. The van der Waals surface area contributed by atoms with Crippen molar-refractivity contribution in [2.24, 2.45) is 10.7 Å². The van der Waals surface area contributed by atoms with Crippen molar-refractivity contribution in [3.05, 3.63) is 59.5 Å². The summed E-state index contributed by atoms with van der Waals surface area (Å²) in [6.45, 7) is 9.08. The van der Waals surface area contributed by atoms with Gasteiger partial charge in [0.25, 0.3) is 0 Å². The lowest BCUT2D eigenvalue weighted by molar-refractivity contribution is 0.0341. The van der Waals surface area contributed by atoms with Crippen LogP contribution >= 0.6 is 0 Å². The standard InChI is InChI=1S/C28H33N7O2/c29-15-23-13-21(1-2-22(23)20-35-7-11-37-12-8-35)27-19-33-28-26(27)14-24(18-32-28)25(16-30)17-31-3-4-34-5-9-36-10-6-34/h1-2,13-14,16-19H,3-12,20,30H2,(H,32,33)/b25-16+,31-17?. The van der Waals surface area contributed by atoms with E-state index in [0.717, 1.165) is 105 Å². The van der Waals surface area contributed by atoms with Crippen molar-refractivity contribution in [1.82, 2.24) is 19.8 Å². The fraction of sp³-hybridized carbons (Fsp3) is 0.393. The summed E-state index contributed by atoms with van der Waals surface area (Å²) in [5, 5.41) is 10.8. The lowest BCUT2D eigenvalue weighted by Crippen LogP contribution is -2.37.